The molecule has 0 saturated carbocycles. The lowest BCUT2D eigenvalue weighted by Crippen LogP contribution is -2.71. The van der Waals surface area contributed by atoms with E-state index in [0.29, 0.717) is 10.8 Å². The number of thioether (sulfide) groups is 1. The Balaban J connectivity index is 1.49. The van der Waals surface area contributed by atoms with Gasteiger partial charge in [0.05, 0.1) is 5.69 Å². The first-order valence-electron chi connectivity index (χ1n) is 10.1. The van der Waals surface area contributed by atoms with E-state index in [4.69, 9.17) is 21.0 Å². The van der Waals surface area contributed by atoms with Crippen molar-refractivity contribution in [1.82, 2.24) is 20.2 Å². The van der Waals surface area contributed by atoms with Gasteiger partial charge in [0.15, 0.2) is 22.6 Å². The lowest BCUT2D eigenvalue weighted by atomic mass is 10.0. The average molecular weight is 554 g/mol. The number of anilines is 2. The van der Waals surface area contributed by atoms with Crippen LogP contribution in [0.5, 0.6) is 0 Å². The van der Waals surface area contributed by atoms with Crippen molar-refractivity contribution in [2.75, 3.05) is 23.8 Å². The number of nitrogens with two attached hydrogens (primary N) is 2. The zero-order chi connectivity index (χ0) is 26.0. The summed E-state index contributed by atoms with van der Waals surface area (Å²) in [5.74, 6) is -3.11. The molecule has 2 aromatic heterocycles. The minimum Gasteiger partial charge on any atom is -0.477 e. The molecule has 190 valence electrons. The van der Waals surface area contributed by atoms with Crippen molar-refractivity contribution in [2.45, 2.75) is 24.9 Å². The number of nitrogens with one attached hydrogen (secondary N) is 1. The third-order valence-corrected chi connectivity index (χ3v) is 7.64. The fourth-order valence-electron chi connectivity index (χ4n) is 3.35. The summed E-state index contributed by atoms with van der Waals surface area (Å²) in [5.41, 5.74) is 11.7. The number of hydrogen-bond donors (Lipinski definition) is 4. The quantitative estimate of drug-likeness (QED) is 0.140. The number of carboxylic acid groups (broad SMARTS) is 1. The number of hydrogen-bond acceptors (Lipinski definition) is 14. The second kappa shape index (κ2) is 10.5. The number of carboxylic acids is 1. The largest absolute Gasteiger partial charge is 0.477 e. The third kappa shape index (κ3) is 5.26. The first-order valence-corrected chi connectivity index (χ1v) is 12.9. The standard InChI is InChI=1S/C19H19N7O7S3/c1-7(27)32-2-8-4-34-16-12(15(29)26(16)13(8)17(30)31)24-14(28)11(10-6-36-19(21)23-10)25-33-3-9-5-35-18(20)22-9/h5-6,12,16H,2-4H2,1H3,(H2,20,22)(H2,21,23)(H,24,28)(H,30,31)/t12-,16-/m1/s1. The first kappa shape index (κ1) is 25.4. The Kier molecular flexibility index (Phi) is 7.41. The van der Waals surface area contributed by atoms with Gasteiger partial charge in [0.25, 0.3) is 11.8 Å². The van der Waals surface area contributed by atoms with Gasteiger partial charge < -0.3 is 31.5 Å². The monoisotopic (exact) mass is 553 g/mol. The summed E-state index contributed by atoms with van der Waals surface area (Å²) < 4.78 is 4.91. The van der Waals surface area contributed by atoms with Crippen LogP contribution in [0.2, 0.25) is 0 Å². The number of thiazole rings is 2. The van der Waals surface area contributed by atoms with Crippen LogP contribution in [0.1, 0.15) is 18.3 Å². The van der Waals surface area contributed by atoms with Gasteiger partial charge in [-0.15, -0.1) is 34.4 Å². The number of aromatic nitrogens is 2. The van der Waals surface area contributed by atoms with Gasteiger partial charge in [-0.3, -0.25) is 19.3 Å². The molecule has 0 bridgehead atoms. The number of oxime groups is 1. The van der Waals surface area contributed by atoms with Crippen LogP contribution in [0, 0.1) is 0 Å². The lowest BCUT2D eigenvalue weighted by molar-refractivity contribution is -0.150. The molecule has 0 aromatic carbocycles. The van der Waals surface area contributed by atoms with Crippen LogP contribution in [-0.2, 0) is 35.4 Å². The van der Waals surface area contributed by atoms with Crippen molar-refractivity contribution < 1.29 is 33.9 Å². The Labute approximate surface area is 215 Å². The normalized spacial score (nSPS) is 19.4. The number of aliphatic carboxylic acids is 1. The highest BCUT2D eigenvalue weighted by Gasteiger charge is 2.54. The van der Waals surface area contributed by atoms with Crippen molar-refractivity contribution >= 4 is 74.2 Å². The van der Waals surface area contributed by atoms with E-state index in [0.717, 1.165) is 16.2 Å². The van der Waals surface area contributed by atoms with Gasteiger partial charge in [0, 0.05) is 29.0 Å². The topological polar surface area (TPSA) is 212 Å². The molecule has 1 saturated heterocycles. The number of nitrogens with zero attached hydrogens (tertiary/aromatic N) is 4. The number of carbonyl (C=O) groups is 4. The van der Waals surface area contributed by atoms with Crippen molar-refractivity contribution in [3.63, 3.8) is 0 Å². The van der Waals surface area contributed by atoms with Crippen LogP contribution in [0.25, 0.3) is 0 Å². The second-order valence-electron chi connectivity index (χ2n) is 7.36. The van der Waals surface area contributed by atoms with Crippen molar-refractivity contribution in [3.05, 3.63) is 33.4 Å². The molecule has 2 aliphatic rings. The molecule has 6 N–H and O–H groups in total. The molecular weight excluding hydrogens is 534 g/mol. The van der Waals surface area contributed by atoms with E-state index >= 15 is 0 Å². The molecule has 0 unspecified atom stereocenters. The predicted molar refractivity (Wildman–Crippen MR) is 131 cm³/mol. The fraction of sp³-hybridized carbons (Fsp3) is 0.316. The molecule has 4 heterocycles. The highest BCUT2D eigenvalue weighted by Crippen LogP contribution is 2.40. The summed E-state index contributed by atoms with van der Waals surface area (Å²) in [4.78, 5) is 63.4. The average Bonchev–Trinajstić information content (AvgIpc) is 3.45. The summed E-state index contributed by atoms with van der Waals surface area (Å²) in [6.45, 7) is 0.892. The van der Waals surface area contributed by atoms with Crippen LogP contribution >= 0.6 is 34.4 Å². The molecule has 2 amide bonds. The van der Waals surface area contributed by atoms with E-state index in [9.17, 15) is 24.3 Å². The Morgan fingerprint density at radius 2 is 1.94 bits per heavy atom. The molecule has 2 atom stereocenters. The molecule has 0 aliphatic carbocycles. The summed E-state index contributed by atoms with van der Waals surface area (Å²) in [6, 6.07) is -1.02. The number of carbonyl (C=O) groups excluding carboxylic acids is 3. The van der Waals surface area contributed by atoms with Crippen LogP contribution in [0.3, 0.4) is 0 Å². The van der Waals surface area contributed by atoms with E-state index < -0.39 is 35.2 Å². The van der Waals surface area contributed by atoms with Crippen molar-refractivity contribution in [2.24, 2.45) is 5.16 Å². The Hall–Kier alpha value is -3.70. The second-order valence-corrected chi connectivity index (χ2v) is 10.2. The number of rotatable bonds is 9. The van der Waals surface area contributed by atoms with Crippen LogP contribution < -0.4 is 16.8 Å². The van der Waals surface area contributed by atoms with Gasteiger partial charge in [-0.05, 0) is 0 Å². The SMILES string of the molecule is CC(=O)OCC1=C(C(=O)O)N2C(=O)[C@@H](NC(=O)C(=NOCc3csc(N)n3)c3csc(N)n3)[C@H]2SC1. The van der Waals surface area contributed by atoms with Crippen molar-refractivity contribution in [1.29, 1.82) is 0 Å². The number of ether oxygens (including phenoxy) is 1. The van der Waals surface area contributed by atoms with E-state index in [-0.39, 0.29) is 46.8 Å². The number of nitrogen functional groups attached to an aromatic ring is 2. The minimum absolute atomic E-state index is 0.0589. The van der Waals surface area contributed by atoms with Gasteiger partial charge in [-0.2, -0.15) is 0 Å². The summed E-state index contributed by atoms with van der Waals surface area (Å²) in [7, 11) is 0. The number of amides is 2. The highest BCUT2D eigenvalue weighted by molar-refractivity contribution is 8.00. The fourth-order valence-corrected chi connectivity index (χ4v) is 5.77. The summed E-state index contributed by atoms with van der Waals surface area (Å²) in [5, 5.41) is 19.2. The van der Waals surface area contributed by atoms with E-state index in [1.165, 1.54) is 35.4 Å². The minimum atomic E-state index is -1.34. The third-order valence-electron chi connectivity index (χ3n) is 4.90. The molecule has 0 spiro atoms. The molecule has 17 heteroatoms. The molecule has 4 rings (SSSR count). The van der Waals surface area contributed by atoms with Crippen molar-refractivity contribution in [3.8, 4) is 0 Å². The van der Waals surface area contributed by atoms with E-state index in [2.05, 4.69) is 20.4 Å². The number of esters is 1. The maximum atomic E-state index is 13.1. The molecular formula is C19H19N7O7S3. The molecule has 14 nitrogen and oxygen atoms in total. The van der Waals surface area contributed by atoms with Gasteiger partial charge in [0.2, 0.25) is 0 Å². The van der Waals surface area contributed by atoms with E-state index in [1.54, 1.807) is 5.38 Å². The van der Waals surface area contributed by atoms with Crippen LogP contribution in [0.15, 0.2) is 27.2 Å². The predicted octanol–water partition coefficient (Wildman–Crippen LogP) is -0.0134. The number of fused-ring (bicyclic) bond motifs is 1. The van der Waals surface area contributed by atoms with Gasteiger partial charge >= 0.3 is 11.9 Å². The molecule has 0 radical (unpaired) electrons. The van der Waals surface area contributed by atoms with E-state index in [1.807, 2.05) is 0 Å². The Morgan fingerprint density at radius 1 is 1.22 bits per heavy atom. The van der Waals surface area contributed by atoms with Crippen LogP contribution in [-0.4, -0.2) is 73.2 Å². The van der Waals surface area contributed by atoms with Gasteiger partial charge in [-0.25, -0.2) is 14.8 Å². The number of β-lactam (4-membered cyclic amide) rings is 1. The molecule has 36 heavy (non-hydrogen) atoms. The lowest BCUT2D eigenvalue weighted by Gasteiger charge is -2.49. The molecule has 1 fully saturated rings. The van der Waals surface area contributed by atoms with Gasteiger partial charge in [-0.1, -0.05) is 5.16 Å². The maximum Gasteiger partial charge on any atom is 0.352 e. The first-order chi connectivity index (χ1) is 17.2. The Bertz CT molecular complexity index is 1290. The zero-order valence-corrected chi connectivity index (χ0v) is 20.9. The highest BCUT2D eigenvalue weighted by atomic mass is 32.2. The van der Waals surface area contributed by atoms with Crippen LogP contribution in [0.4, 0.5) is 10.3 Å². The van der Waals surface area contributed by atoms with Gasteiger partial charge in [0.1, 0.15) is 29.4 Å². The smallest absolute Gasteiger partial charge is 0.352 e. The summed E-state index contributed by atoms with van der Waals surface area (Å²) in [6.07, 6.45) is 0. The maximum absolute atomic E-state index is 13.1. The Morgan fingerprint density at radius 3 is 2.56 bits per heavy atom. The molecule has 2 aromatic rings. The summed E-state index contributed by atoms with van der Waals surface area (Å²) >= 11 is 3.54. The molecule has 2 aliphatic heterocycles. The zero-order valence-electron chi connectivity index (χ0n) is 18.5.